The molecule has 3 nitrogen and oxygen atoms in total. The van der Waals surface area contributed by atoms with Crippen LogP contribution in [0.1, 0.15) is 45.4 Å². The van der Waals surface area contributed by atoms with E-state index in [4.69, 9.17) is 4.74 Å². The molecule has 0 spiro atoms. The Hall–Kier alpha value is -0.590. The normalized spacial score (nSPS) is 38.9. The lowest BCUT2D eigenvalue weighted by Crippen LogP contribution is -2.52. The highest BCUT2D eigenvalue weighted by Gasteiger charge is 2.52. The second-order valence-electron chi connectivity index (χ2n) is 5.52. The van der Waals surface area contributed by atoms with Gasteiger partial charge < -0.3 is 9.84 Å². The van der Waals surface area contributed by atoms with Crippen molar-refractivity contribution in [1.29, 1.82) is 5.26 Å². The third-order valence-electron chi connectivity index (χ3n) is 4.55. The highest BCUT2D eigenvalue weighted by Crippen LogP contribution is 2.49. The fraction of sp³-hybridized carbons (Fsp3) is 0.923. The number of aliphatic hydroxyl groups is 1. The summed E-state index contributed by atoms with van der Waals surface area (Å²) >= 11 is 0. The van der Waals surface area contributed by atoms with Crippen LogP contribution < -0.4 is 0 Å². The zero-order chi connectivity index (χ0) is 11.6. The van der Waals surface area contributed by atoms with Gasteiger partial charge >= 0.3 is 0 Å². The number of hydrogen-bond donors (Lipinski definition) is 1. The first-order valence-corrected chi connectivity index (χ1v) is 6.33. The highest BCUT2D eigenvalue weighted by atomic mass is 16.5. The van der Waals surface area contributed by atoms with Crippen LogP contribution in [0.4, 0.5) is 0 Å². The molecule has 0 aromatic carbocycles. The molecule has 1 aliphatic carbocycles. The van der Waals surface area contributed by atoms with Crippen molar-refractivity contribution >= 4 is 0 Å². The van der Waals surface area contributed by atoms with Crippen LogP contribution in [0.2, 0.25) is 0 Å². The Morgan fingerprint density at radius 1 is 1.19 bits per heavy atom. The number of hydrogen-bond acceptors (Lipinski definition) is 3. The molecule has 1 saturated heterocycles. The lowest BCUT2D eigenvalue weighted by atomic mass is 9.60. The number of rotatable bonds is 1. The zero-order valence-electron chi connectivity index (χ0n) is 10.0. The Bertz CT molecular complexity index is 281. The first kappa shape index (κ1) is 11.9. The van der Waals surface area contributed by atoms with E-state index in [1.54, 1.807) is 0 Å². The minimum Gasteiger partial charge on any atom is -0.388 e. The molecule has 0 radical (unpaired) electrons. The van der Waals surface area contributed by atoms with Gasteiger partial charge in [0.25, 0.3) is 0 Å². The molecule has 2 fully saturated rings. The van der Waals surface area contributed by atoms with Crippen LogP contribution in [0.15, 0.2) is 0 Å². The van der Waals surface area contributed by atoms with Gasteiger partial charge in [0, 0.05) is 26.1 Å². The fourth-order valence-corrected chi connectivity index (χ4v) is 3.12. The van der Waals surface area contributed by atoms with Crippen LogP contribution in [-0.2, 0) is 4.74 Å². The molecule has 1 aliphatic heterocycles. The van der Waals surface area contributed by atoms with Crippen molar-refractivity contribution < 1.29 is 9.84 Å². The molecule has 0 unspecified atom stereocenters. The number of nitrogens with zero attached hydrogens (tertiary/aromatic N) is 1. The Kier molecular flexibility index (Phi) is 3.23. The van der Waals surface area contributed by atoms with Gasteiger partial charge in [-0.2, -0.15) is 5.26 Å². The van der Waals surface area contributed by atoms with E-state index in [0.29, 0.717) is 32.0 Å². The SMILES string of the molecule is CC1CCC(C#N)(C2(O)CCOCC2)CC1. The second kappa shape index (κ2) is 4.35. The van der Waals surface area contributed by atoms with Crippen molar-refractivity contribution in [3.63, 3.8) is 0 Å². The largest absolute Gasteiger partial charge is 0.388 e. The summed E-state index contributed by atoms with van der Waals surface area (Å²) in [6.45, 7) is 3.42. The van der Waals surface area contributed by atoms with Crippen LogP contribution in [-0.4, -0.2) is 23.9 Å². The first-order chi connectivity index (χ1) is 7.62. The van der Waals surface area contributed by atoms with E-state index in [2.05, 4.69) is 13.0 Å². The molecule has 2 aliphatic rings. The summed E-state index contributed by atoms with van der Waals surface area (Å²) in [5, 5.41) is 20.2. The van der Waals surface area contributed by atoms with E-state index in [9.17, 15) is 10.4 Å². The quantitative estimate of drug-likeness (QED) is 0.741. The molecule has 0 atom stereocenters. The Morgan fingerprint density at radius 2 is 1.75 bits per heavy atom. The van der Waals surface area contributed by atoms with E-state index >= 15 is 0 Å². The summed E-state index contributed by atoms with van der Waals surface area (Å²) in [6, 6.07) is 2.44. The number of nitriles is 1. The Morgan fingerprint density at radius 3 is 2.25 bits per heavy atom. The lowest BCUT2D eigenvalue weighted by Gasteiger charge is -2.47. The van der Waals surface area contributed by atoms with Gasteiger partial charge in [0.2, 0.25) is 0 Å². The molecule has 0 amide bonds. The van der Waals surface area contributed by atoms with Gasteiger partial charge in [-0.05, 0) is 31.6 Å². The van der Waals surface area contributed by atoms with E-state index in [0.717, 1.165) is 25.7 Å². The van der Waals surface area contributed by atoms with E-state index in [1.807, 2.05) is 0 Å². The van der Waals surface area contributed by atoms with Gasteiger partial charge in [0.15, 0.2) is 0 Å². The summed E-state index contributed by atoms with van der Waals surface area (Å²) < 4.78 is 5.30. The van der Waals surface area contributed by atoms with Crippen molar-refractivity contribution in [3.05, 3.63) is 0 Å². The summed E-state index contributed by atoms with van der Waals surface area (Å²) in [7, 11) is 0. The number of ether oxygens (including phenoxy) is 1. The molecule has 0 aromatic heterocycles. The van der Waals surface area contributed by atoms with Gasteiger partial charge in [-0.1, -0.05) is 6.92 Å². The second-order valence-corrected chi connectivity index (χ2v) is 5.52. The third kappa shape index (κ3) is 1.85. The highest BCUT2D eigenvalue weighted by molar-refractivity contribution is 5.13. The van der Waals surface area contributed by atoms with Crippen LogP contribution in [0.3, 0.4) is 0 Å². The van der Waals surface area contributed by atoms with Gasteiger partial charge in [-0.25, -0.2) is 0 Å². The molecule has 3 heteroatoms. The third-order valence-corrected chi connectivity index (χ3v) is 4.55. The summed E-state index contributed by atoms with van der Waals surface area (Å²) in [5.74, 6) is 0.699. The van der Waals surface area contributed by atoms with Crippen LogP contribution in [0.5, 0.6) is 0 Å². The van der Waals surface area contributed by atoms with Gasteiger partial charge in [0.05, 0.1) is 17.1 Å². The molecule has 90 valence electrons. The average Bonchev–Trinajstić information content (AvgIpc) is 2.31. The van der Waals surface area contributed by atoms with Crippen LogP contribution in [0, 0.1) is 22.7 Å². The monoisotopic (exact) mass is 223 g/mol. The van der Waals surface area contributed by atoms with Crippen molar-refractivity contribution in [1.82, 2.24) is 0 Å². The van der Waals surface area contributed by atoms with E-state index in [1.165, 1.54) is 0 Å². The molecule has 1 saturated carbocycles. The topological polar surface area (TPSA) is 53.2 Å². The van der Waals surface area contributed by atoms with Crippen molar-refractivity contribution in [3.8, 4) is 6.07 Å². The zero-order valence-corrected chi connectivity index (χ0v) is 10.0. The summed E-state index contributed by atoms with van der Waals surface area (Å²) in [5.41, 5.74) is -1.32. The van der Waals surface area contributed by atoms with Crippen molar-refractivity contribution in [2.75, 3.05) is 13.2 Å². The van der Waals surface area contributed by atoms with Gasteiger partial charge in [-0.15, -0.1) is 0 Å². The maximum atomic E-state index is 10.7. The molecule has 0 bridgehead atoms. The smallest absolute Gasteiger partial charge is 0.0877 e. The maximum absolute atomic E-state index is 10.7. The minimum atomic E-state index is -0.805. The molecule has 2 rings (SSSR count). The van der Waals surface area contributed by atoms with E-state index in [-0.39, 0.29) is 0 Å². The molecule has 0 aromatic rings. The standard InChI is InChI=1S/C13H21NO2/c1-11-2-4-12(10-14,5-3-11)13(15)6-8-16-9-7-13/h11,15H,2-9H2,1H3. The molecular weight excluding hydrogens is 202 g/mol. The molecule has 1 heterocycles. The predicted molar refractivity (Wildman–Crippen MR) is 60.7 cm³/mol. The summed E-state index contributed by atoms with van der Waals surface area (Å²) in [4.78, 5) is 0. The molecule has 16 heavy (non-hydrogen) atoms. The van der Waals surface area contributed by atoms with Crippen molar-refractivity contribution in [2.45, 2.75) is 51.0 Å². The molecule has 1 N–H and O–H groups in total. The van der Waals surface area contributed by atoms with Gasteiger partial charge in [-0.3, -0.25) is 0 Å². The predicted octanol–water partition coefficient (Wildman–Crippen LogP) is 2.25. The average molecular weight is 223 g/mol. The van der Waals surface area contributed by atoms with Crippen LogP contribution in [0.25, 0.3) is 0 Å². The Balaban J connectivity index is 2.17. The Labute approximate surface area is 97.4 Å². The lowest BCUT2D eigenvalue weighted by molar-refractivity contribution is -0.137. The van der Waals surface area contributed by atoms with E-state index < -0.39 is 11.0 Å². The fourth-order valence-electron chi connectivity index (χ4n) is 3.12. The minimum absolute atomic E-state index is 0.511. The van der Waals surface area contributed by atoms with Crippen molar-refractivity contribution in [2.24, 2.45) is 11.3 Å². The van der Waals surface area contributed by atoms with Gasteiger partial charge in [0.1, 0.15) is 0 Å². The first-order valence-electron chi connectivity index (χ1n) is 6.33. The summed E-state index contributed by atoms with van der Waals surface area (Å²) in [6.07, 6.45) is 5.07. The van der Waals surface area contributed by atoms with Crippen LogP contribution >= 0.6 is 0 Å². The maximum Gasteiger partial charge on any atom is 0.0877 e. The molecular formula is C13H21NO2.